The van der Waals surface area contributed by atoms with E-state index in [2.05, 4.69) is 0 Å². The number of hydrogen-bond donors (Lipinski definition) is 2. The average Bonchev–Trinajstić information content (AvgIpc) is 2.69. The minimum atomic E-state index is -3.73. The van der Waals surface area contributed by atoms with E-state index in [4.69, 9.17) is 10.2 Å². The molecule has 0 atom stereocenters. The summed E-state index contributed by atoms with van der Waals surface area (Å²) in [6, 6.07) is 1.31. The molecule has 1 saturated carbocycles. The van der Waals surface area contributed by atoms with Gasteiger partial charge >= 0.3 is 5.97 Å². The first-order valence-corrected chi connectivity index (χ1v) is 8.60. The molecular weight excluding hydrogens is 302 g/mol. The lowest BCUT2D eigenvalue weighted by molar-refractivity contribution is 0.0701. The highest BCUT2D eigenvalue weighted by Crippen LogP contribution is 2.33. The highest BCUT2D eigenvalue weighted by atomic mass is 32.2. The van der Waals surface area contributed by atoms with Gasteiger partial charge in [-0.05, 0) is 31.4 Å². The van der Waals surface area contributed by atoms with Gasteiger partial charge in [-0.3, -0.25) is 0 Å². The minimum absolute atomic E-state index is 0.0350. The quantitative estimate of drug-likeness (QED) is 0.824. The lowest BCUT2D eigenvalue weighted by Gasteiger charge is -2.35. The van der Waals surface area contributed by atoms with Gasteiger partial charge in [-0.1, -0.05) is 6.42 Å². The van der Waals surface area contributed by atoms with Crippen LogP contribution in [0.2, 0.25) is 0 Å². The Morgan fingerprint density at radius 2 is 2.15 bits per heavy atom. The van der Waals surface area contributed by atoms with Crippen LogP contribution in [0.4, 0.5) is 0 Å². The molecule has 1 aliphatic carbocycles. The van der Waals surface area contributed by atoms with E-state index in [0.717, 1.165) is 30.6 Å². The van der Waals surface area contributed by atoms with Gasteiger partial charge in [0.25, 0.3) is 10.0 Å². The third kappa shape index (κ3) is 2.73. The molecule has 0 bridgehead atoms. The van der Waals surface area contributed by atoms with Gasteiger partial charge in [0.05, 0.1) is 6.61 Å². The van der Waals surface area contributed by atoms with Crippen molar-refractivity contribution in [3.63, 3.8) is 0 Å². The molecule has 6 nitrogen and oxygen atoms in total. The number of aromatic carboxylic acids is 1. The van der Waals surface area contributed by atoms with Crippen LogP contribution < -0.4 is 0 Å². The molecule has 1 heterocycles. The second-order valence-corrected chi connectivity index (χ2v) is 7.98. The second kappa shape index (κ2) is 5.80. The van der Waals surface area contributed by atoms with Crippen LogP contribution in [0.15, 0.2) is 10.3 Å². The largest absolute Gasteiger partial charge is 0.477 e. The number of rotatable bonds is 6. The SMILES string of the molecule is Cc1cc(S(=O)(=O)N(CCO)C2CCC2)sc1C(=O)O. The number of thiophene rings is 1. The number of nitrogens with zero attached hydrogens (tertiary/aromatic N) is 1. The molecule has 8 heteroatoms. The van der Waals surface area contributed by atoms with Gasteiger partial charge in [-0.2, -0.15) is 4.31 Å². The van der Waals surface area contributed by atoms with Crippen molar-refractivity contribution in [2.24, 2.45) is 0 Å². The van der Waals surface area contributed by atoms with Crippen molar-refractivity contribution in [3.8, 4) is 0 Å². The van der Waals surface area contributed by atoms with Crippen molar-refractivity contribution in [2.75, 3.05) is 13.2 Å². The van der Waals surface area contributed by atoms with Crippen molar-refractivity contribution in [1.82, 2.24) is 4.31 Å². The van der Waals surface area contributed by atoms with Gasteiger partial charge in [0.2, 0.25) is 0 Å². The molecule has 0 aromatic carbocycles. The normalized spacial score (nSPS) is 16.4. The fourth-order valence-electron chi connectivity index (χ4n) is 2.18. The zero-order valence-corrected chi connectivity index (χ0v) is 12.7. The summed E-state index contributed by atoms with van der Waals surface area (Å²) < 4.78 is 26.5. The first-order valence-electron chi connectivity index (χ1n) is 6.34. The van der Waals surface area contributed by atoms with E-state index in [1.54, 1.807) is 6.92 Å². The van der Waals surface area contributed by atoms with E-state index < -0.39 is 16.0 Å². The molecule has 0 aliphatic heterocycles. The van der Waals surface area contributed by atoms with E-state index in [0.29, 0.717) is 5.56 Å². The molecule has 1 fully saturated rings. The molecule has 2 rings (SSSR count). The summed E-state index contributed by atoms with van der Waals surface area (Å²) in [6.07, 6.45) is 2.55. The highest BCUT2D eigenvalue weighted by Gasteiger charge is 2.36. The molecule has 0 unspecified atom stereocenters. The maximum atomic E-state index is 12.6. The molecule has 0 amide bonds. The number of aryl methyl sites for hydroxylation is 1. The van der Waals surface area contributed by atoms with Gasteiger partial charge < -0.3 is 10.2 Å². The van der Waals surface area contributed by atoms with E-state index in [1.165, 1.54) is 10.4 Å². The van der Waals surface area contributed by atoms with Crippen LogP contribution in [0, 0.1) is 6.92 Å². The predicted octanol–water partition coefficient (Wildman–Crippen LogP) is 1.29. The number of aliphatic hydroxyl groups excluding tert-OH is 1. The predicted molar refractivity (Wildman–Crippen MR) is 74.6 cm³/mol. The Bertz CT molecular complexity index is 603. The van der Waals surface area contributed by atoms with Crippen LogP contribution >= 0.6 is 11.3 Å². The van der Waals surface area contributed by atoms with Crippen LogP contribution in [-0.2, 0) is 10.0 Å². The lowest BCUT2D eigenvalue weighted by Crippen LogP contribution is -2.45. The molecule has 1 aromatic heterocycles. The second-order valence-electron chi connectivity index (χ2n) is 4.81. The number of carboxylic acids is 1. The van der Waals surface area contributed by atoms with E-state index in [9.17, 15) is 13.2 Å². The summed E-state index contributed by atoms with van der Waals surface area (Å²) in [4.78, 5) is 11.1. The van der Waals surface area contributed by atoms with Crippen molar-refractivity contribution >= 4 is 27.3 Å². The third-order valence-corrected chi connectivity index (χ3v) is 7.08. The fourth-order valence-corrected chi connectivity index (χ4v) is 5.36. The topological polar surface area (TPSA) is 94.9 Å². The van der Waals surface area contributed by atoms with Crippen molar-refractivity contribution in [3.05, 3.63) is 16.5 Å². The van der Waals surface area contributed by atoms with Crippen LogP contribution in [0.1, 0.15) is 34.5 Å². The van der Waals surface area contributed by atoms with Crippen LogP contribution in [0.25, 0.3) is 0 Å². The van der Waals surface area contributed by atoms with E-state index in [1.807, 2.05) is 0 Å². The Morgan fingerprint density at radius 1 is 1.50 bits per heavy atom. The van der Waals surface area contributed by atoms with Crippen LogP contribution in [-0.4, -0.2) is 48.1 Å². The number of carboxylic acid groups (broad SMARTS) is 1. The highest BCUT2D eigenvalue weighted by molar-refractivity contribution is 7.91. The minimum Gasteiger partial charge on any atom is -0.477 e. The Labute approximate surface area is 121 Å². The van der Waals surface area contributed by atoms with Gasteiger partial charge in [-0.25, -0.2) is 13.2 Å². The van der Waals surface area contributed by atoms with Crippen molar-refractivity contribution in [1.29, 1.82) is 0 Å². The molecule has 0 radical (unpaired) electrons. The van der Waals surface area contributed by atoms with Gasteiger partial charge in [0.1, 0.15) is 9.09 Å². The number of sulfonamides is 1. The van der Waals surface area contributed by atoms with E-state index >= 15 is 0 Å². The average molecular weight is 319 g/mol. The summed E-state index contributed by atoms with van der Waals surface area (Å²) in [5, 5.41) is 18.1. The van der Waals surface area contributed by atoms with Gasteiger partial charge in [-0.15, -0.1) is 11.3 Å². The Balaban J connectivity index is 2.36. The molecule has 1 aromatic rings. The Kier molecular flexibility index (Phi) is 4.48. The standard InChI is InChI=1S/C12H17NO5S2/c1-8-7-10(19-11(8)12(15)16)20(17,18)13(5-6-14)9-3-2-4-9/h7,9,14H,2-6H2,1H3,(H,15,16). The Morgan fingerprint density at radius 3 is 2.55 bits per heavy atom. The summed E-state index contributed by atoms with van der Waals surface area (Å²) >= 11 is 0.770. The summed E-state index contributed by atoms with van der Waals surface area (Å²) in [7, 11) is -3.73. The molecule has 20 heavy (non-hydrogen) atoms. The van der Waals surface area contributed by atoms with E-state index in [-0.39, 0.29) is 28.3 Å². The monoisotopic (exact) mass is 319 g/mol. The van der Waals surface area contributed by atoms with Crippen LogP contribution in [0.5, 0.6) is 0 Å². The number of carbonyl (C=O) groups is 1. The number of aliphatic hydroxyl groups is 1. The van der Waals surface area contributed by atoms with Gasteiger partial charge in [0.15, 0.2) is 0 Å². The van der Waals surface area contributed by atoms with Crippen LogP contribution in [0.3, 0.4) is 0 Å². The Hall–Kier alpha value is -0.960. The first-order chi connectivity index (χ1) is 9.37. The molecule has 2 N–H and O–H groups in total. The molecular formula is C12H17NO5S2. The molecule has 112 valence electrons. The third-order valence-electron chi connectivity index (χ3n) is 3.45. The molecule has 1 aliphatic rings. The maximum Gasteiger partial charge on any atom is 0.346 e. The first kappa shape index (κ1) is 15.4. The fraction of sp³-hybridized carbons (Fsp3) is 0.583. The number of hydrogen-bond acceptors (Lipinski definition) is 5. The smallest absolute Gasteiger partial charge is 0.346 e. The maximum absolute atomic E-state index is 12.6. The molecule has 0 spiro atoms. The van der Waals surface area contributed by atoms with Gasteiger partial charge in [0, 0.05) is 12.6 Å². The zero-order chi connectivity index (χ0) is 14.9. The molecule has 0 saturated heterocycles. The van der Waals surface area contributed by atoms with Crippen molar-refractivity contribution in [2.45, 2.75) is 36.4 Å². The summed E-state index contributed by atoms with van der Waals surface area (Å²) in [5.41, 5.74) is 0.443. The van der Waals surface area contributed by atoms with Crippen molar-refractivity contribution < 1.29 is 23.4 Å². The zero-order valence-electron chi connectivity index (χ0n) is 11.1. The summed E-state index contributed by atoms with van der Waals surface area (Å²) in [5.74, 6) is -1.12. The lowest BCUT2D eigenvalue weighted by atomic mass is 9.93. The summed E-state index contributed by atoms with van der Waals surface area (Å²) in [6.45, 7) is 1.39.